The lowest BCUT2D eigenvalue weighted by molar-refractivity contribution is -0.118. The summed E-state index contributed by atoms with van der Waals surface area (Å²) in [7, 11) is 1.60. The fourth-order valence-electron chi connectivity index (χ4n) is 1.99. The van der Waals surface area contributed by atoms with Gasteiger partial charge in [0.15, 0.2) is 11.5 Å². The first-order valence-corrected chi connectivity index (χ1v) is 8.37. The maximum atomic E-state index is 10.9. The zero-order valence-electron chi connectivity index (χ0n) is 14.0. The third-order valence-corrected chi connectivity index (χ3v) is 3.56. The Balaban J connectivity index is 1.94. The van der Waals surface area contributed by atoms with Gasteiger partial charge in [0.2, 0.25) is 5.91 Å². The van der Waals surface area contributed by atoms with Gasteiger partial charge in [-0.25, -0.2) is 5.43 Å². The number of hydrogen-bond acceptors (Lipinski definition) is 5. The highest BCUT2D eigenvalue weighted by Gasteiger charge is 2.05. The zero-order chi connectivity index (χ0) is 18.1. The first-order chi connectivity index (χ1) is 12.1. The topological polar surface area (TPSA) is 69.2 Å². The molecule has 0 spiro atoms. The molecule has 1 N–H and O–H groups in total. The number of para-hydroxylation sites is 2. The number of ether oxygens (including phenoxy) is 3. The van der Waals surface area contributed by atoms with Crippen molar-refractivity contribution < 1.29 is 19.0 Å². The van der Waals surface area contributed by atoms with Gasteiger partial charge in [0.25, 0.3) is 0 Å². The van der Waals surface area contributed by atoms with Crippen LogP contribution >= 0.6 is 15.9 Å². The van der Waals surface area contributed by atoms with E-state index in [2.05, 4.69) is 26.5 Å². The summed E-state index contributed by atoms with van der Waals surface area (Å²) in [5.74, 6) is 1.74. The third-order valence-electron chi connectivity index (χ3n) is 3.07. The Morgan fingerprint density at radius 2 is 1.80 bits per heavy atom. The number of amides is 1. The van der Waals surface area contributed by atoms with Crippen LogP contribution in [0.3, 0.4) is 0 Å². The van der Waals surface area contributed by atoms with Crippen LogP contribution in [-0.2, 0) is 4.79 Å². The average Bonchev–Trinajstić information content (AvgIpc) is 2.60. The van der Waals surface area contributed by atoms with Crippen molar-refractivity contribution in [2.24, 2.45) is 5.10 Å². The van der Waals surface area contributed by atoms with E-state index in [1.54, 1.807) is 7.11 Å². The molecule has 0 aliphatic heterocycles. The third kappa shape index (κ3) is 6.11. The summed E-state index contributed by atoms with van der Waals surface area (Å²) in [6.07, 6.45) is 1.53. The van der Waals surface area contributed by atoms with Crippen LogP contribution in [0.15, 0.2) is 52.0 Å². The molecular formula is C18H19BrN2O4. The van der Waals surface area contributed by atoms with Crippen molar-refractivity contribution in [2.45, 2.75) is 6.92 Å². The molecule has 2 rings (SSSR count). The predicted molar refractivity (Wildman–Crippen MR) is 99.5 cm³/mol. The van der Waals surface area contributed by atoms with Gasteiger partial charge in [0, 0.05) is 17.0 Å². The van der Waals surface area contributed by atoms with Gasteiger partial charge in [-0.15, -0.1) is 0 Å². The lowest BCUT2D eigenvalue weighted by Gasteiger charge is -2.12. The van der Waals surface area contributed by atoms with Crippen LogP contribution in [0.5, 0.6) is 17.2 Å². The van der Waals surface area contributed by atoms with Crippen molar-refractivity contribution in [3.05, 3.63) is 52.5 Å². The summed E-state index contributed by atoms with van der Waals surface area (Å²) in [6, 6.07) is 13.0. The minimum absolute atomic E-state index is 0.237. The number of halogens is 1. The highest BCUT2D eigenvalue weighted by molar-refractivity contribution is 9.10. The van der Waals surface area contributed by atoms with Crippen molar-refractivity contribution in [2.75, 3.05) is 20.3 Å². The number of rotatable bonds is 8. The van der Waals surface area contributed by atoms with Crippen molar-refractivity contribution in [1.29, 1.82) is 0 Å². The number of nitrogens with one attached hydrogen (secondary N) is 1. The molecule has 25 heavy (non-hydrogen) atoms. The molecule has 6 nitrogen and oxygen atoms in total. The van der Waals surface area contributed by atoms with E-state index >= 15 is 0 Å². The quantitative estimate of drug-likeness (QED) is 0.414. The highest BCUT2D eigenvalue weighted by atomic mass is 79.9. The Bertz CT molecular complexity index is 750. The molecule has 2 aromatic rings. The standard InChI is InChI=1S/C18H19BrN2O4/c1-13(22)21-20-12-14-11-15(19)7-8-16(14)24-9-10-25-18-6-4-3-5-17(18)23-2/h3-8,11-12H,9-10H2,1-2H3,(H,21,22)/b20-12-. The van der Waals surface area contributed by atoms with Crippen LogP contribution in [0.2, 0.25) is 0 Å². The number of hydrazone groups is 1. The van der Waals surface area contributed by atoms with Crippen LogP contribution in [-0.4, -0.2) is 32.4 Å². The normalized spacial score (nSPS) is 10.5. The molecule has 132 valence electrons. The lowest BCUT2D eigenvalue weighted by Crippen LogP contribution is -2.13. The molecule has 0 aliphatic rings. The number of benzene rings is 2. The Kier molecular flexibility index (Phi) is 7.28. The largest absolute Gasteiger partial charge is 0.493 e. The number of methoxy groups -OCH3 is 1. The molecule has 1 amide bonds. The first kappa shape index (κ1) is 18.8. The van der Waals surface area contributed by atoms with E-state index in [9.17, 15) is 4.79 Å². The smallest absolute Gasteiger partial charge is 0.236 e. The van der Waals surface area contributed by atoms with E-state index in [1.807, 2.05) is 42.5 Å². The summed E-state index contributed by atoms with van der Waals surface area (Å²) in [5, 5.41) is 3.87. The maximum Gasteiger partial charge on any atom is 0.236 e. The summed E-state index contributed by atoms with van der Waals surface area (Å²) >= 11 is 3.40. The first-order valence-electron chi connectivity index (χ1n) is 7.58. The van der Waals surface area contributed by atoms with Gasteiger partial charge in [-0.05, 0) is 30.3 Å². The van der Waals surface area contributed by atoms with Gasteiger partial charge < -0.3 is 14.2 Å². The van der Waals surface area contributed by atoms with E-state index < -0.39 is 0 Å². The van der Waals surface area contributed by atoms with Gasteiger partial charge in [-0.2, -0.15) is 5.10 Å². The molecule has 7 heteroatoms. The number of hydrogen-bond donors (Lipinski definition) is 1. The molecule has 2 aromatic carbocycles. The summed E-state index contributed by atoms with van der Waals surface area (Å²) in [4.78, 5) is 10.9. The van der Waals surface area contributed by atoms with Crippen LogP contribution in [0.4, 0.5) is 0 Å². The van der Waals surface area contributed by atoms with Crippen LogP contribution in [0.25, 0.3) is 0 Å². The lowest BCUT2D eigenvalue weighted by atomic mass is 10.2. The van der Waals surface area contributed by atoms with Crippen molar-refractivity contribution in [3.63, 3.8) is 0 Å². The van der Waals surface area contributed by atoms with Crippen LogP contribution in [0.1, 0.15) is 12.5 Å². The van der Waals surface area contributed by atoms with E-state index in [4.69, 9.17) is 14.2 Å². The molecule has 0 bridgehead atoms. The molecule has 0 aliphatic carbocycles. The Morgan fingerprint density at radius 1 is 1.12 bits per heavy atom. The van der Waals surface area contributed by atoms with Gasteiger partial charge in [0.1, 0.15) is 19.0 Å². The van der Waals surface area contributed by atoms with Gasteiger partial charge >= 0.3 is 0 Å². The zero-order valence-corrected chi connectivity index (χ0v) is 15.6. The van der Waals surface area contributed by atoms with Crippen LogP contribution in [0, 0.1) is 0 Å². The molecule has 0 atom stereocenters. The summed E-state index contributed by atoms with van der Waals surface area (Å²) < 4.78 is 17.5. The Labute approximate surface area is 154 Å². The van der Waals surface area contributed by atoms with Crippen molar-refractivity contribution in [3.8, 4) is 17.2 Å². The number of carbonyl (C=O) groups is 1. The van der Waals surface area contributed by atoms with E-state index in [-0.39, 0.29) is 5.91 Å². The summed E-state index contributed by atoms with van der Waals surface area (Å²) in [5.41, 5.74) is 3.10. The SMILES string of the molecule is COc1ccccc1OCCOc1ccc(Br)cc1/C=N\NC(C)=O. The second-order valence-corrected chi connectivity index (χ2v) is 5.87. The molecule has 0 aromatic heterocycles. The second-order valence-electron chi connectivity index (χ2n) is 4.96. The van der Waals surface area contributed by atoms with Gasteiger partial charge in [0.05, 0.1) is 13.3 Å². The van der Waals surface area contributed by atoms with Gasteiger partial charge in [-0.3, -0.25) is 4.79 Å². The van der Waals surface area contributed by atoms with Crippen molar-refractivity contribution >= 4 is 28.1 Å². The molecule has 0 radical (unpaired) electrons. The van der Waals surface area contributed by atoms with E-state index in [1.165, 1.54) is 13.1 Å². The Hall–Kier alpha value is -2.54. The van der Waals surface area contributed by atoms with E-state index in [0.29, 0.717) is 30.5 Å². The molecule has 0 unspecified atom stereocenters. The number of nitrogens with zero attached hydrogens (tertiary/aromatic N) is 1. The Morgan fingerprint density at radius 3 is 2.48 bits per heavy atom. The van der Waals surface area contributed by atoms with Crippen molar-refractivity contribution in [1.82, 2.24) is 5.43 Å². The maximum absolute atomic E-state index is 10.9. The average molecular weight is 407 g/mol. The molecule has 0 saturated heterocycles. The molecule has 0 heterocycles. The number of carbonyl (C=O) groups excluding carboxylic acids is 1. The fourth-order valence-corrected chi connectivity index (χ4v) is 2.36. The second kappa shape index (κ2) is 9.68. The molecule has 0 fully saturated rings. The molecular weight excluding hydrogens is 388 g/mol. The highest BCUT2D eigenvalue weighted by Crippen LogP contribution is 2.26. The molecule has 0 saturated carbocycles. The van der Waals surface area contributed by atoms with E-state index in [0.717, 1.165) is 10.0 Å². The van der Waals surface area contributed by atoms with Gasteiger partial charge in [-0.1, -0.05) is 28.1 Å². The monoisotopic (exact) mass is 406 g/mol. The fraction of sp³-hybridized carbons (Fsp3) is 0.222. The minimum atomic E-state index is -0.237. The minimum Gasteiger partial charge on any atom is -0.493 e. The predicted octanol–water partition coefficient (Wildman–Crippen LogP) is 3.39. The summed E-state index contributed by atoms with van der Waals surface area (Å²) in [6.45, 7) is 2.10. The van der Waals surface area contributed by atoms with Crippen LogP contribution < -0.4 is 19.6 Å².